The van der Waals surface area contributed by atoms with Crippen LogP contribution in [0.15, 0.2) is 95.9 Å². The number of hydrogen-bond acceptors (Lipinski definition) is 7. The molecule has 0 fully saturated rings. The summed E-state index contributed by atoms with van der Waals surface area (Å²) in [4.78, 5) is 17.0. The van der Waals surface area contributed by atoms with Crippen molar-refractivity contribution in [1.29, 1.82) is 0 Å². The van der Waals surface area contributed by atoms with Gasteiger partial charge in [-0.25, -0.2) is 13.4 Å². The van der Waals surface area contributed by atoms with Crippen molar-refractivity contribution >= 4 is 42.7 Å². The third-order valence-electron chi connectivity index (χ3n) is 5.44. The first kappa shape index (κ1) is 28.7. The molecule has 0 aliphatic carbocycles. The van der Waals surface area contributed by atoms with Crippen molar-refractivity contribution in [3.8, 4) is 5.75 Å². The minimum atomic E-state index is -4.27. The number of nitrogens with one attached hydrogen (secondary N) is 1. The number of amides is 1. The first-order chi connectivity index (χ1) is 18.6. The Morgan fingerprint density at radius 1 is 0.897 bits per heavy atom. The molecule has 5 aromatic rings. The average molecular weight is 673 g/mol. The van der Waals surface area contributed by atoms with Gasteiger partial charge in [0.25, 0.3) is 5.91 Å². The summed E-state index contributed by atoms with van der Waals surface area (Å²) in [5, 5.41) is 3.51. The van der Waals surface area contributed by atoms with Crippen molar-refractivity contribution in [1.82, 2.24) is 4.98 Å². The molecular formula is C29H25IN2O5S2. The third kappa shape index (κ3) is 8.09. The fraction of sp³-hybridized carbons (Fsp3) is 0.103. The number of carbonyl (C=O) groups excluding carboxylic acids is 1. The summed E-state index contributed by atoms with van der Waals surface area (Å²) in [5.41, 5.74) is 3.69. The van der Waals surface area contributed by atoms with Crippen LogP contribution in [0.2, 0.25) is 0 Å². The van der Waals surface area contributed by atoms with Crippen LogP contribution in [0, 0.1) is 21.0 Å². The Morgan fingerprint density at radius 2 is 1.56 bits per heavy atom. The van der Waals surface area contributed by atoms with Gasteiger partial charge in [-0.1, -0.05) is 52.8 Å². The Labute approximate surface area is 241 Å². The highest BCUT2D eigenvalue weighted by atomic mass is 127. The van der Waals surface area contributed by atoms with Gasteiger partial charge in [0.2, 0.25) is 0 Å². The molecule has 0 bridgehead atoms. The number of hydrogen-bond donors (Lipinski definition) is 1. The minimum absolute atomic E-state index is 0.138. The molecular weight excluding hydrogens is 647 g/mol. The molecule has 0 atom stereocenters. The number of carbonyl (C=O) groups is 1. The zero-order valence-corrected chi connectivity index (χ0v) is 25.1. The number of benzene rings is 4. The first-order valence-corrected chi connectivity index (χ1v) is 16.1. The molecule has 1 heterocycles. The second-order valence-corrected chi connectivity index (χ2v) is 13.9. The van der Waals surface area contributed by atoms with E-state index in [1.54, 1.807) is 19.2 Å². The number of aromatic nitrogens is 1. The van der Waals surface area contributed by atoms with E-state index in [4.69, 9.17) is 4.74 Å². The number of aryl methyl sites for hydroxylation is 2. The van der Waals surface area contributed by atoms with Gasteiger partial charge in [0.1, 0.15) is 15.9 Å². The van der Waals surface area contributed by atoms with E-state index < -0.39 is 10.1 Å². The average Bonchev–Trinajstić information content (AvgIpc) is 3.31. The second kappa shape index (κ2) is 12.7. The Morgan fingerprint density at radius 3 is 2.21 bits per heavy atom. The van der Waals surface area contributed by atoms with Crippen LogP contribution < -0.4 is 31.3 Å². The molecule has 1 amide bonds. The molecule has 0 unspecified atom stereocenters. The van der Waals surface area contributed by atoms with Crippen LogP contribution in [0.5, 0.6) is 5.75 Å². The zero-order chi connectivity index (χ0) is 28.0. The quantitative estimate of drug-likeness (QED) is 0.220. The van der Waals surface area contributed by atoms with Crippen LogP contribution in [-0.2, 0) is 10.1 Å². The van der Waals surface area contributed by atoms with Gasteiger partial charge in [0.05, 0.1) is 22.2 Å². The summed E-state index contributed by atoms with van der Waals surface area (Å²) in [6, 6.07) is 27.9. The molecule has 10 heteroatoms. The Kier molecular flexibility index (Phi) is 9.33. The molecule has 4 aromatic carbocycles. The molecule has 0 aliphatic heterocycles. The monoisotopic (exact) mass is 672 g/mol. The van der Waals surface area contributed by atoms with Crippen LogP contribution in [0.25, 0.3) is 10.2 Å². The maximum absolute atomic E-state index is 12.7. The smallest absolute Gasteiger partial charge is 0.357 e. The van der Waals surface area contributed by atoms with E-state index in [0.717, 1.165) is 21.5 Å². The predicted molar refractivity (Wildman–Crippen MR) is 148 cm³/mol. The lowest BCUT2D eigenvalue weighted by atomic mass is 10.2. The fourth-order valence-corrected chi connectivity index (χ4v) is 7.05. The highest BCUT2D eigenvalue weighted by Crippen LogP contribution is 2.29. The van der Waals surface area contributed by atoms with Gasteiger partial charge in [0.15, 0.2) is 12.3 Å². The number of methoxy groups -OCH3 is 1. The maximum atomic E-state index is 12.7. The number of fused-ring (bicyclic) bond motifs is 1. The largest absolute Gasteiger partial charge is 0.744 e. The second-order valence-electron chi connectivity index (χ2n) is 8.47. The minimum Gasteiger partial charge on any atom is -0.744 e. The van der Waals surface area contributed by atoms with Gasteiger partial charge in [-0.3, -0.25) is 10.1 Å². The standard InChI is InChI=1S/C22H17IN2O2S.C7H8O3S/c1-14-6-8-16(9-7-14)23-17-5-3-4-15(12-17)21(26)25-22-24-19-11-10-18(27-2)13-20(19)28-22;1-6-2-4-7(5-3-6)11(8,9)10/h3-13H,1-2H3;2-5H,1H3,(H,8,9,10). The first-order valence-electron chi connectivity index (χ1n) is 11.7. The molecule has 0 saturated heterocycles. The van der Waals surface area contributed by atoms with Crippen LogP contribution in [0.4, 0.5) is 5.13 Å². The molecule has 1 aromatic heterocycles. The van der Waals surface area contributed by atoms with Gasteiger partial charge in [-0.15, -0.1) is 0 Å². The van der Waals surface area contributed by atoms with Crippen molar-refractivity contribution < 1.29 is 43.7 Å². The fourth-order valence-electron chi connectivity index (χ4n) is 3.37. The number of halogens is 1. The van der Waals surface area contributed by atoms with E-state index in [1.807, 2.05) is 43.3 Å². The van der Waals surface area contributed by atoms with Crippen LogP contribution in [0.3, 0.4) is 0 Å². The molecule has 200 valence electrons. The zero-order valence-electron chi connectivity index (χ0n) is 21.3. The lowest BCUT2D eigenvalue weighted by Gasteiger charge is -2.05. The number of rotatable bonds is 6. The van der Waals surface area contributed by atoms with Crippen molar-refractivity contribution in [2.24, 2.45) is 0 Å². The van der Waals surface area contributed by atoms with Gasteiger partial charge < -0.3 is 9.29 Å². The Hall–Kier alpha value is -3.32. The van der Waals surface area contributed by atoms with E-state index in [0.29, 0.717) is 10.7 Å². The maximum Gasteiger partial charge on any atom is 0.357 e. The molecule has 0 saturated carbocycles. The number of ether oxygens (including phenoxy) is 1. The molecule has 7 nitrogen and oxygen atoms in total. The molecule has 0 aliphatic rings. The Bertz CT molecular complexity index is 1700. The predicted octanol–water partition coefficient (Wildman–Crippen LogP) is 2.89. The third-order valence-corrected chi connectivity index (χ3v) is 9.86. The normalized spacial score (nSPS) is 11.0. The van der Waals surface area contributed by atoms with Crippen molar-refractivity contribution in [2.75, 3.05) is 12.4 Å². The summed E-state index contributed by atoms with van der Waals surface area (Å²) in [5.74, 6) is 0.641. The SMILES string of the molecule is COc1ccc2nc(NC(=O)c3cccc([I+]c4ccc(C)cc4)c3)sc2c1.Cc1ccc(S(=O)(=O)[O-])cc1. The number of thiazole rings is 1. The summed E-state index contributed by atoms with van der Waals surface area (Å²) >= 11 is 1.13. The van der Waals surface area contributed by atoms with Gasteiger partial charge in [-0.05, 0) is 68.4 Å². The lowest BCUT2D eigenvalue weighted by molar-refractivity contribution is -0.597. The van der Waals surface area contributed by atoms with E-state index >= 15 is 0 Å². The highest BCUT2D eigenvalue weighted by molar-refractivity contribution is 7.85. The van der Waals surface area contributed by atoms with Crippen molar-refractivity contribution in [3.63, 3.8) is 0 Å². The van der Waals surface area contributed by atoms with Gasteiger partial charge in [-0.2, -0.15) is 0 Å². The van der Waals surface area contributed by atoms with Crippen LogP contribution >= 0.6 is 11.3 Å². The van der Waals surface area contributed by atoms with Crippen LogP contribution in [-0.4, -0.2) is 31.0 Å². The van der Waals surface area contributed by atoms with Crippen LogP contribution in [0.1, 0.15) is 21.5 Å². The summed E-state index contributed by atoms with van der Waals surface area (Å²) in [6.45, 7) is 3.91. The molecule has 0 spiro atoms. The molecule has 5 rings (SSSR count). The number of anilines is 1. The summed E-state index contributed by atoms with van der Waals surface area (Å²) in [7, 11) is -2.63. The van der Waals surface area contributed by atoms with Crippen molar-refractivity contribution in [2.45, 2.75) is 18.7 Å². The molecule has 0 radical (unpaired) electrons. The summed E-state index contributed by atoms with van der Waals surface area (Å²) < 4.78 is 39.9. The van der Waals surface area contributed by atoms with E-state index in [1.165, 1.54) is 36.2 Å². The van der Waals surface area contributed by atoms with Gasteiger partial charge in [0, 0.05) is 11.6 Å². The summed E-state index contributed by atoms with van der Waals surface area (Å²) in [6.07, 6.45) is 0. The highest BCUT2D eigenvalue weighted by Gasteiger charge is 2.18. The lowest BCUT2D eigenvalue weighted by Crippen LogP contribution is -3.61. The topological polar surface area (TPSA) is 108 Å². The van der Waals surface area contributed by atoms with E-state index in [9.17, 15) is 17.8 Å². The van der Waals surface area contributed by atoms with E-state index in [2.05, 4.69) is 47.6 Å². The van der Waals surface area contributed by atoms with Gasteiger partial charge >= 0.3 is 21.2 Å². The molecule has 1 N–H and O–H groups in total. The number of nitrogens with zero attached hydrogens (tertiary/aromatic N) is 1. The van der Waals surface area contributed by atoms with Crippen molar-refractivity contribution in [3.05, 3.63) is 115 Å². The van der Waals surface area contributed by atoms with E-state index in [-0.39, 0.29) is 32.0 Å². The molecule has 39 heavy (non-hydrogen) atoms. The Balaban J connectivity index is 0.000000270.